The van der Waals surface area contributed by atoms with Crippen LogP contribution in [0.25, 0.3) is 0 Å². The predicted octanol–water partition coefficient (Wildman–Crippen LogP) is 3.56. The molecule has 1 aromatic rings. The molecule has 0 aromatic heterocycles. The molecule has 0 spiro atoms. The fourth-order valence-corrected chi connectivity index (χ4v) is 1.98. The molecule has 0 amide bonds. The van der Waals surface area contributed by atoms with Gasteiger partial charge in [0.1, 0.15) is 0 Å². The van der Waals surface area contributed by atoms with E-state index in [1.54, 1.807) is 24.1 Å². The lowest BCUT2D eigenvalue weighted by molar-refractivity contribution is -0.0455. The predicted molar refractivity (Wildman–Crippen MR) is 62.8 cm³/mol. The van der Waals surface area contributed by atoms with Gasteiger partial charge in [0.25, 0.3) is 5.92 Å². The van der Waals surface area contributed by atoms with E-state index in [4.69, 9.17) is 0 Å². The van der Waals surface area contributed by atoms with Crippen LogP contribution in [0.1, 0.15) is 30.5 Å². The highest BCUT2D eigenvalue weighted by molar-refractivity contribution is 5.36. The van der Waals surface area contributed by atoms with E-state index in [0.717, 1.165) is 11.1 Å². The molecule has 16 heavy (non-hydrogen) atoms. The minimum Gasteiger partial charge on any atom is -0.296 e. The molecular weight excluding hydrogens is 208 g/mol. The van der Waals surface area contributed by atoms with Gasteiger partial charge in [0, 0.05) is 12.1 Å². The van der Waals surface area contributed by atoms with E-state index in [1.165, 1.54) is 0 Å². The van der Waals surface area contributed by atoms with Gasteiger partial charge in [0.2, 0.25) is 0 Å². The molecule has 90 valence electrons. The minimum absolute atomic E-state index is 0.178. The van der Waals surface area contributed by atoms with Crippen LogP contribution in [-0.2, 0) is 12.5 Å². The van der Waals surface area contributed by atoms with Crippen molar-refractivity contribution in [2.75, 3.05) is 13.6 Å². The zero-order valence-electron chi connectivity index (χ0n) is 10.3. The third kappa shape index (κ3) is 2.59. The highest BCUT2D eigenvalue weighted by Gasteiger charge is 2.38. The average Bonchev–Trinajstić information content (AvgIpc) is 2.18. The molecule has 1 aliphatic rings. The van der Waals surface area contributed by atoms with Crippen LogP contribution in [0.15, 0.2) is 18.2 Å². The maximum Gasteiger partial charge on any atom is 0.285 e. The minimum atomic E-state index is -2.70. The Balaban J connectivity index is 0.000000606. The largest absolute Gasteiger partial charge is 0.296 e. The number of aryl methyl sites for hydroxylation is 1. The Hall–Kier alpha value is -0.960. The van der Waals surface area contributed by atoms with Crippen molar-refractivity contribution in [3.8, 4) is 0 Å². The number of fused-ring (bicyclic) bond motifs is 1. The van der Waals surface area contributed by atoms with Crippen LogP contribution in [0.4, 0.5) is 8.78 Å². The normalized spacial score (nSPS) is 18.4. The van der Waals surface area contributed by atoms with Gasteiger partial charge in [-0.2, -0.15) is 8.78 Å². The molecule has 1 aromatic carbocycles. The third-order valence-electron chi connectivity index (χ3n) is 2.56. The first kappa shape index (κ1) is 13.1. The van der Waals surface area contributed by atoms with Crippen molar-refractivity contribution in [3.05, 3.63) is 34.9 Å². The molecule has 0 saturated carbocycles. The van der Waals surface area contributed by atoms with Crippen molar-refractivity contribution in [2.24, 2.45) is 0 Å². The van der Waals surface area contributed by atoms with Gasteiger partial charge in [-0.05, 0) is 19.5 Å². The van der Waals surface area contributed by atoms with Gasteiger partial charge in [0.05, 0.1) is 6.54 Å². The van der Waals surface area contributed by atoms with Gasteiger partial charge >= 0.3 is 0 Å². The summed E-state index contributed by atoms with van der Waals surface area (Å²) in [6.45, 7) is 6.36. The van der Waals surface area contributed by atoms with Crippen molar-refractivity contribution in [2.45, 2.75) is 33.2 Å². The zero-order chi connectivity index (χ0) is 12.3. The van der Waals surface area contributed by atoms with Gasteiger partial charge in [-0.3, -0.25) is 4.90 Å². The summed E-state index contributed by atoms with van der Waals surface area (Å²) in [6.07, 6.45) is 0. The van der Waals surface area contributed by atoms with Crippen LogP contribution in [0, 0.1) is 6.92 Å². The average molecular weight is 227 g/mol. The molecule has 0 N–H and O–H groups in total. The fourth-order valence-electron chi connectivity index (χ4n) is 1.98. The molecule has 0 aliphatic carbocycles. The Bertz CT molecular complexity index is 361. The van der Waals surface area contributed by atoms with E-state index in [0.29, 0.717) is 6.54 Å². The summed E-state index contributed by atoms with van der Waals surface area (Å²) in [5.41, 5.74) is 1.99. The molecule has 0 fully saturated rings. The monoisotopic (exact) mass is 227 g/mol. The van der Waals surface area contributed by atoms with Crippen LogP contribution < -0.4 is 0 Å². The molecule has 0 saturated heterocycles. The van der Waals surface area contributed by atoms with E-state index < -0.39 is 5.92 Å². The Labute approximate surface area is 96.1 Å². The Morgan fingerprint density at radius 1 is 1.25 bits per heavy atom. The molecule has 1 aliphatic heterocycles. The first-order valence-electron chi connectivity index (χ1n) is 5.65. The van der Waals surface area contributed by atoms with Crippen LogP contribution >= 0.6 is 0 Å². The molecule has 0 atom stereocenters. The van der Waals surface area contributed by atoms with Crippen molar-refractivity contribution in [3.63, 3.8) is 0 Å². The van der Waals surface area contributed by atoms with E-state index >= 15 is 0 Å². The quantitative estimate of drug-likeness (QED) is 0.655. The second-order valence-electron chi connectivity index (χ2n) is 4.04. The number of rotatable bonds is 0. The summed E-state index contributed by atoms with van der Waals surface area (Å²) in [5.74, 6) is -2.70. The van der Waals surface area contributed by atoms with Crippen LogP contribution in [0.3, 0.4) is 0 Å². The molecule has 1 heterocycles. The van der Waals surface area contributed by atoms with Gasteiger partial charge in [0.15, 0.2) is 0 Å². The van der Waals surface area contributed by atoms with E-state index in [9.17, 15) is 8.78 Å². The Morgan fingerprint density at radius 2 is 1.88 bits per heavy atom. The van der Waals surface area contributed by atoms with E-state index in [-0.39, 0.29) is 12.1 Å². The van der Waals surface area contributed by atoms with E-state index in [2.05, 4.69) is 0 Å². The summed E-state index contributed by atoms with van der Waals surface area (Å²) in [7, 11) is 1.72. The first-order chi connectivity index (χ1) is 7.49. The topological polar surface area (TPSA) is 3.24 Å². The molecular formula is C13H19F2N. The van der Waals surface area contributed by atoms with Gasteiger partial charge in [-0.15, -0.1) is 0 Å². The number of halogens is 2. The second-order valence-corrected chi connectivity index (χ2v) is 4.04. The van der Waals surface area contributed by atoms with Gasteiger partial charge < -0.3 is 0 Å². The van der Waals surface area contributed by atoms with Crippen LogP contribution in [0.2, 0.25) is 0 Å². The van der Waals surface area contributed by atoms with E-state index in [1.807, 2.05) is 26.8 Å². The summed E-state index contributed by atoms with van der Waals surface area (Å²) >= 11 is 0. The SMILES string of the molecule is CC.Cc1ccc2c(c1)CN(C)CC2(F)F. The molecule has 1 nitrogen and oxygen atoms in total. The fraction of sp³-hybridized carbons (Fsp3) is 0.538. The zero-order valence-corrected chi connectivity index (χ0v) is 10.3. The van der Waals surface area contributed by atoms with Crippen LogP contribution in [0.5, 0.6) is 0 Å². The number of nitrogens with zero attached hydrogens (tertiary/aromatic N) is 1. The molecule has 0 radical (unpaired) electrons. The number of hydrogen-bond acceptors (Lipinski definition) is 1. The third-order valence-corrected chi connectivity index (χ3v) is 2.56. The van der Waals surface area contributed by atoms with Gasteiger partial charge in [-0.1, -0.05) is 37.6 Å². The second kappa shape index (κ2) is 4.91. The number of hydrogen-bond donors (Lipinski definition) is 0. The van der Waals surface area contributed by atoms with Crippen molar-refractivity contribution < 1.29 is 8.78 Å². The highest BCUT2D eigenvalue weighted by atomic mass is 19.3. The van der Waals surface area contributed by atoms with Crippen molar-refractivity contribution in [1.29, 1.82) is 0 Å². The van der Waals surface area contributed by atoms with Gasteiger partial charge in [-0.25, -0.2) is 0 Å². The Kier molecular flexibility index (Phi) is 4.03. The Morgan fingerprint density at radius 3 is 2.50 bits per heavy atom. The van der Waals surface area contributed by atoms with Crippen molar-refractivity contribution >= 4 is 0 Å². The standard InChI is InChI=1S/C11H13F2N.C2H6/c1-8-3-4-10-9(5-8)6-14(2)7-11(10,12)13;1-2/h3-5H,6-7H2,1-2H3;1-2H3. The van der Waals surface area contributed by atoms with Crippen molar-refractivity contribution in [1.82, 2.24) is 4.90 Å². The molecule has 0 unspecified atom stereocenters. The number of likely N-dealkylation sites (N-methyl/N-ethyl adjacent to an activating group) is 1. The van der Waals surface area contributed by atoms with Crippen LogP contribution in [-0.4, -0.2) is 18.5 Å². The maximum atomic E-state index is 13.5. The number of alkyl halides is 2. The lowest BCUT2D eigenvalue weighted by Gasteiger charge is -2.32. The lowest BCUT2D eigenvalue weighted by Crippen LogP contribution is -2.38. The molecule has 3 heteroatoms. The molecule has 0 bridgehead atoms. The number of benzene rings is 1. The molecule has 2 rings (SSSR count). The summed E-state index contributed by atoms with van der Waals surface area (Å²) < 4.78 is 27.1. The summed E-state index contributed by atoms with van der Waals surface area (Å²) in [4.78, 5) is 1.65. The summed E-state index contributed by atoms with van der Waals surface area (Å²) in [6, 6.07) is 5.15. The smallest absolute Gasteiger partial charge is 0.285 e. The maximum absolute atomic E-state index is 13.5. The lowest BCUT2D eigenvalue weighted by atomic mass is 9.95. The first-order valence-corrected chi connectivity index (χ1v) is 5.65. The highest BCUT2D eigenvalue weighted by Crippen LogP contribution is 2.36. The summed E-state index contributed by atoms with van der Waals surface area (Å²) in [5, 5.41) is 0.